The molecular formula is C12H17NO2S. The maximum atomic E-state index is 11.1. The molecule has 0 saturated heterocycles. The van der Waals surface area contributed by atoms with E-state index in [4.69, 9.17) is 4.74 Å². The van der Waals surface area contributed by atoms with Crippen LogP contribution in [0.25, 0.3) is 0 Å². The second kappa shape index (κ2) is 7.17. The molecule has 16 heavy (non-hydrogen) atoms. The van der Waals surface area contributed by atoms with Crippen molar-refractivity contribution in [1.29, 1.82) is 0 Å². The molecule has 0 unspecified atom stereocenters. The van der Waals surface area contributed by atoms with Gasteiger partial charge >= 0.3 is 6.09 Å². The van der Waals surface area contributed by atoms with E-state index < -0.39 is 6.09 Å². The van der Waals surface area contributed by atoms with Gasteiger partial charge in [0.1, 0.15) is 5.75 Å². The Morgan fingerprint density at radius 2 is 2.19 bits per heavy atom. The summed E-state index contributed by atoms with van der Waals surface area (Å²) in [5.41, 5.74) is 0. The van der Waals surface area contributed by atoms with Crippen molar-refractivity contribution in [3.63, 3.8) is 0 Å². The lowest BCUT2D eigenvalue weighted by Crippen LogP contribution is -2.22. The van der Waals surface area contributed by atoms with Gasteiger partial charge in [0.15, 0.2) is 0 Å². The maximum Gasteiger partial charge on any atom is 0.412 e. The molecule has 0 atom stereocenters. The summed E-state index contributed by atoms with van der Waals surface area (Å²) in [7, 11) is 1.55. The lowest BCUT2D eigenvalue weighted by molar-refractivity contribution is 0.202. The zero-order chi connectivity index (χ0) is 11.8. The molecule has 3 nitrogen and oxygen atoms in total. The predicted molar refractivity (Wildman–Crippen MR) is 67.2 cm³/mol. The first-order valence-electron chi connectivity index (χ1n) is 5.39. The summed E-state index contributed by atoms with van der Waals surface area (Å²) in [6, 6.07) is 7.59. The number of thioether (sulfide) groups is 1. The zero-order valence-corrected chi connectivity index (χ0v) is 10.5. The van der Waals surface area contributed by atoms with Gasteiger partial charge in [0.05, 0.1) is 4.90 Å². The Labute approximate surface area is 101 Å². The highest BCUT2D eigenvalue weighted by atomic mass is 32.2. The first-order valence-corrected chi connectivity index (χ1v) is 6.38. The molecule has 0 spiro atoms. The van der Waals surface area contributed by atoms with E-state index in [9.17, 15) is 4.79 Å². The fourth-order valence-corrected chi connectivity index (χ4v) is 2.21. The van der Waals surface area contributed by atoms with Gasteiger partial charge in [0.2, 0.25) is 0 Å². The highest BCUT2D eigenvalue weighted by Crippen LogP contribution is 2.29. The molecule has 1 N–H and O–H groups in total. The average molecular weight is 239 g/mol. The molecule has 0 aliphatic carbocycles. The first-order chi connectivity index (χ1) is 7.77. The summed E-state index contributed by atoms with van der Waals surface area (Å²) in [4.78, 5) is 12.1. The molecular weight excluding hydrogens is 222 g/mol. The van der Waals surface area contributed by atoms with E-state index in [1.165, 1.54) is 12.8 Å². The number of hydrogen-bond acceptors (Lipinski definition) is 3. The molecule has 1 amide bonds. The molecule has 0 fully saturated rings. The van der Waals surface area contributed by atoms with Crippen LogP contribution in [0.4, 0.5) is 4.79 Å². The smallest absolute Gasteiger partial charge is 0.409 e. The van der Waals surface area contributed by atoms with Crippen molar-refractivity contribution in [1.82, 2.24) is 5.32 Å². The minimum atomic E-state index is -0.427. The molecule has 4 heteroatoms. The Kier molecular flexibility index (Phi) is 5.78. The van der Waals surface area contributed by atoms with Gasteiger partial charge < -0.3 is 10.1 Å². The maximum absolute atomic E-state index is 11.1. The van der Waals surface area contributed by atoms with Gasteiger partial charge in [0.25, 0.3) is 0 Å². The Bertz CT molecular complexity index is 342. The average Bonchev–Trinajstić information content (AvgIpc) is 2.31. The molecule has 1 rings (SSSR count). The lowest BCUT2D eigenvalue weighted by Gasteiger charge is -2.08. The number of benzene rings is 1. The summed E-state index contributed by atoms with van der Waals surface area (Å²) in [6.07, 6.45) is 1.91. The fraction of sp³-hybridized carbons (Fsp3) is 0.417. The molecule has 0 aliphatic heterocycles. The number of unbranched alkanes of at least 4 members (excludes halogenated alkanes) is 1. The van der Waals surface area contributed by atoms with E-state index >= 15 is 0 Å². The van der Waals surface area contributed by atoms with Crippen molar-refractivity contribution in [2.45, 2.75) is 24.7 Å². The molecule has 0 bridgehead atoms. The molecule has 0 aliphatic rings. The Morgan fingerprint density at radius 3 is 2.88 bits per heavy atom. The molecule has 0 aromatic heterocycles. The molecule has 1 aromatic rings. The number of carbonyl (C=O) groups is 1. The van der Waals surface area contributed by atoms with E-state index in [2.05, 4.69) is 12.2 Å². The van der Waals surface area contributed by atoms with Crippen molar-refractivity contribution >= 4 is 17.9 Å². The number of para-hydroxylation sites is 1. The molecule has 0 heterocycles. The standard InChI is InChI=1S/C12H17NO2S/c1-3-4-9-16-11-8-6-5-7-10(11)15-12(14)13-2/h5-8H,3-4,9H2,1-2H3,(H,13,14). The predicted octanol–water partition coefficient (Wildman–Crippen LogP) is 3.30. The Morgan fingerprint density at radius 1 is 1.44 bits per heavy atom. The number of carbonyl (C=O) groups excluding carboxylic acids is 1. The van der Waals surface area contributed by atoms with E-state index in [1.807, 2.05) is 24.3 Å². The summed E-state index contributed by atoms with van der Waals surface area (Å²) in [5, 5.41) is 2.44. The van der Waals surface area contributed by atoms with Crippen LogP contribution in [-0.2, 0) is 0 Å². The van der Waals surface area contributed by atoms with Crippen molar-refractivity contribution in [3.05, 3.63) is 24.3 Å². The van der Waals surface area contributed by atoms with Crippen molar-refractivity contribution in [2.24, 2.45) is 0 Å². The van der Waals surface area contributed by atoms with Gasteiger partial charge in [0, 0.05) is 7.05 Å². The van der Waals surface area contributed by atoms with Crippen molar-refractivity contribution in [2.75, 3.05) is 12.8 Å². The summed E-state index contributed by atoms with van der Waals surface area (Å²) >= 11 is 1.72. The minimum Gasteiger partial charge on any atom is -0.409 e. The van der Waals surface area contributed by atoms with E-state index in [1.54, 1.807) is 18.8 Å². The number of ether oxygens (including phenoxy) is 1. The van der Waals surface area contributed by atoms with Crippen LogP contribution in [0.5, 0.6) is 5.75 Å². The Hall–Kier alpha value is -1.16. The van der Waals surface area contributed by atoms with Crippen LogP contribution >= 0.6 is 11.8 Å². The third-order valence-electron chi connectivity index (χ3n) is 2.01. The van der Waals surface area contributed by atoms with Crippen LogP contribution < -0.4 is 10.1 Å². The van der Waals surface area contributed by atoms with Gasteiger partial charge in [-0.3, -0.25) is 0 Å². The SMILES string of the molecule is CCCCSc1ccccc1OC(=O)NC. The highest BCUT2D eigenvalue weighted by Gasteiger charge is 2.06. The number of amides is 1. The van der Waals surface area contributed by atoms with Gasteiger partial charge in [-0.2, -0.15) is 0 Å². The fourth-order valence-electron chi connectivity index (χ4n) is 1.13. The Balaban J connectivity index is 2.63. The minimum absolute atomic E-state index is 0.427. The van der Waals surface area contributed by atoms with E-state index in [0.717, 1.165) is 10.6 Å². The van der Waals surface area contributed by atoms with Gasteiger partial charge in [-0.05, 0) is 24.3 Å². The van der Waals surface area contributed by atoms with Crippen LogP contribution in [0.15, 0.2) is 29.2 Å². The second-order valence-electron chi connectivity index (χ2n) is 3.29. The summed E-state index contributed by atoms with van der Waals surface area (Å²) in [6.45, 7) is 2.16. The summed E-state index contributed by atoms with van der Waals surface area (Å²) in [5.74, 6) is 1.67. The van der Waals surface area contributed by atoms with Gasteiger partial charge in [-0.15, -0.1) is 11.8 Å². The molecule has 0 radical (unpaired) electrons. The number of nitrogens with one attached hydrogen (secondary N) is 1. The topological polar surface area (TPSA) is 38.3 Å². The van der Waals surface area contributed by atoms with Crippen LogP contribution in [-0.4, -0.2) is 18.9 Å². The van der Waals surface area contributed by atoms with Gasteiger partial charge in [-0.25, -0.2) is 4.79 Å². The molecule has 1 aromatic carbocycles. The van der Waals surface area contributed by atoms with E-state index in [-0.39, 0.29) is 0 Å². The van der Waals surface area contributed by atoms with Crippen molar-refractivity contribution in [3.8, 4) is 5.75 Å². The molecule has 88 valence electrons. The highest BCUT2D eigenvalue weighted by molar-refractivity contribution is 7.99. The monoisotopic (exact) mass is 239 g/mol. The summed E-state index contributed by atoms with van der Waals surface area (Å²) < 4.78 is 5.15. The number of rotatable bonds is 5. The van der Waals surface area contributed by atoms with Gasteiger partial charge in [-0.1, -0.05) is 25.5 Å². The quantitative estimate of drug-likeness (QED) is 0.633. The third kappa shape index (κ3) is 4.14. The molecule has 0 saturated carbocycles. The third-order valence-corrected chi connectivity index (χ3v) is 3.15. The van der Waals surface area contributed by atoms with E-state index in [0.29, 0.717) is 5.75 Å². The van der Waals surface area contributed by atoms with Crippen molar-refractivity contribution < 1.29 is 9.53 Å². The van der Waals surface area contributed by atoms with Crippen LogP contribution in [0.1, 0.15) is 19.8 Å². The lowest BCUT2D eigenvalue weighted by atomic mass is 10.3. The largest absolute Gasteiger partial charge is 0.412 e. The van der Waals surface area contributed by atoms with Crippen LogP contribution in [0.2, 0.25) is 0 Å². The zero-order valence-electron chi connectivity index (χ0n) is 9.66. The normalized spacial score (nSPS) is 9.88. The second-order valence-corrected chi connectivity index (χ2v) is 4.43. The first kappa shape index (κ1) is 12.9. The van der Waals surface area contributed by atoms with Crippen LogP contribution in [0, 0.1) is 0 Å². The number of hydrogen-bond donors (Lipinski definition) is 1. The van der Waals surface area contributed by atoms with Crippen LogP contribution in [0.3, 0.4) is 0 Å².